The normalized spacial score (nSPS) is 10.5. The number of aryl methyl sites for hydroxylation is 1. The quantitative estimate of drug-likeness (QED) is 0.289. The van der Waals surface area contributed by atoms with Crippen LogP contribution < -0.4 is 10.2 Å². The number of hydrogen-bond donors (Lipinski definition) is 1. The summed E-state index contributed by atoms with van der Waals surface area (Å²) in [7, 11) is 0. The zero-order chi connectivity index (χ0) is 26.5. The number of carbonyl (C=O) groups is 2. The molecule has 0 aliphatic rings. The van der Waals surface area contributed by atoms with E-state index in [0.717, 1.165) is 16.7 Å². The van der Waals surface area contributed by atoms with Gasteiger partial charge >= 0.3 is 0 Å². The van der Waals surface area contributed by atoms with Crippen LogP contribution in [0.4, 0.5) is 17.2 Å². The summed E-state index contributed by atoms with van der Waals surface area (Å²) < 4.78 is 0. The van der Waals surface area contributed by atoms with Crippen LogP contribution in [0.5, 0.6) is 0 Å². The monoisotopic (exact) mass is 528 g/mol. The smallest absolute Gasteiger partial charge is 0.229 e. The Morgan fingerprint density at radius 2 is 1.76 bits per heavy atom. The number of rotatable bonds is 6. The van der Waals surface area contributed by atoms with E-state index in [4.69, 9.17) is 23.2 Å². The fraction of sp³-hybridized carbons (Fsp3) is 0.103. The van der Waals surface area contributed by atoms with Crippen LogP contribution in [0.1, 0.15) is 23.6 Å². The molecule has 0 aliphatic carbocycles. The Morgan fingerprint density at radius 3 is 2.49 bits per heavy atom. The lowest BCUT2D eigenvalue weighted by Crippen LogP contribution is -2.24. The predicted molar refractivity (Wildman–Crippen MR) is 147 cm³/mol. The van der Waals surface area contributed by atoms with Crippen molar-refractivity contribution < 1.29 is 9.59 Å². The Kier molecular flexibility index (Phi) is 7.88. The number of benzene rings is 3. The maximum absolute atomic E-state index is 12.9. The lowest BCUT2D eigenvalue weighted by Gasteiger charge is -2.21. The molecule has 0 fully saturated rings. The topological polar surface area (TPSA) is 86.1 Å². The van der Waals surface area contributed by atoms with Gasteiger partial charge in [-0.3, -0.25) is 14.5 Å². The van der Waals surface area contributed by atoms with E-state index in [9.17, 15) is 14.9 Å². The highest BCUT2D eigenvalue weighted by Crippen LogP contribution is 2.35. The highest BCUT2D eigenvalue weighted by atomic mass is 35.5. The zero-order valence-electron chi connectivity index (χ0n) is 20.1. The van der Waals surface area contributed by atoms with Crippen molar-refractivity contribution in [1.82, 2.24) is 4.98 Å². The fourth-order valence-electron chi connectivity index (χ4n) is 4.03. The third-order valence-electron chi connectivity index (χ3n) is 5.62. The Balaban J connectivity index is 1.57. The van der Waals surface area contributed by atoms with Gasteiger partial charge in [0.2, 0.25) is 11.8 Å². The molecule has 1 heterocycles. The molecule has 0 saturated carbocycles. The molecule has 4 rings (SSSR count). The molecule has 1 aromatic heterocycles. The lowest BCUT2D eigenvalue weighted by molar-refractivity contribution is -0.116. The first-order valence-corrected chi connectivity index (χ1v) is 12.1. The van der Waals surface area contributed by atoms with Gasteiger partial charge < -0.3 is 5.32 Å². The Hall–Kier alpha value is -4.18. The van der Waals surface area contributed by atoms with Crippen LogP contribution in [0.3, 0.4) is 0 Å². The van der Waals surface area contributed by atoms with Crippen LogP contribution in [0.15, 0.2) is 79.0 Å². The second-order valence-electron chi connectivity index (χ2n) is 8.41. The highest BCUT2D eigenvalue weighted by molar-refractivity contribution is 6.37. The number of halogens is 2. The average molecular weight is 529 g/mol. The molecule has 0 bridgehead atoms. The summed E-state index contributed by atoms with van der Waals surface area (Å²) in [6.07, 6.45) is 1.54. The molecule has 0 atom stereocenters. The average Bonchev–Trinajstić information content (AvgIpc) is 2.85. The third-order valence-corrected chi connectivity index (χ3v) is 6.39. The van der Waals surface area contributed by atoms with E-state index in [2.05, 4.69) is 16.4 Å². The standard InChI is InChI=1S/C29H22Cl2N4O2/c1-18-12-20(17-32)14-23(13-18)35(19(2)36)27-16-22(10-11-33-27)34-28(37)15-21-6-5-8-25(29(21)31)24-7-3-4-9-26(24)30/h3-14,16H,15H2,1-2H3,(H,33,34,37). The van der Waals surface area contributed by atoms with Crippen molar-refractivity contribution in [1.29, 1.82) is 5.26 Å². The van der Waals surface area contributed by atoms with Gasteiger partial charge in [0.25, 0.3) is 0 Å². The molecular weight excluding hydrogens is 507 g/mol. The van der Waals surface area contributed by atoms with Crippen LogP contribution in [0.2, 0.25) is 10.0 Å². The predicted octanol–water partition coefficient (Wildman–Crippen LogP) is 7.10. The molecule has 0 aliphatic heterocycles. The molecule has 0 radical (unpaired) electrons. The molecule has 4 aromatic rings. The minimum Gasteiger partial charge on any atom is -0.326 e. The summed E-state index contributed by atoms with van der Waals surface area (Å²) >= 11 is 13.0. The summed E-state index contributed by atoms with van der Waals surface area (Å²) in [6.45, 7) is 3.26. The van der Waals surface area contributed by atoms with E-state index in [1.807, 2.05) is 37.3 Å². The molecule has 37 heavy (non-hydrogen) atoms. The molecule has 0 unspecified atom stereocenters. The maximum atomic E-state index is 12.9. The molecular formula is C29H22Cl2N4O2. The molecule has 6 nitrogen and oxygen atoms in total. The van der Waals surface area contributed by atoms with Crippen LogP contribution in [0, 0.1) is 18.3 Å². The van der Waals surface area contributed by atoms with Gasteiger partial charge in [0, 0.05) is 41.0 Å². The van der Waals surface area contributed by atoms with Crippen LogP contribution in [-0.4, -0.2) is 16.8 Å². The molecule has 0 spiro atoms. The number of anilines is 3. The van der Waals surface area contributed by atoms with Crippen molar-refractivity contribution in [3.05, 3.63) is 106 Å². The van der Waals surface area contributed by atoms with E-state index in [1.54, 1.807) is 42.5 Å². The number of pyridine rings is 1. The van der Waals surface area contributed by atoms with Gasteiger partial charge in [-0.2, -0.15) is 5.26 Å². The van der Waals surface area contributed by atoms with Crippen molar-refractivity contribution >= 4 is 52.2 Å². The molecule has 3 aromatic carbocycles. The van der Waals surface area contributed by atoms with E-state index in [1.165, 1.54) is 18.0 Å². The minimum absolute atomic E-state index is 0.0363. The van der Waals surface area contributed by atoms with Crippen molar-refractivity contribution in [2.75, 3.05) is 10.2 Å². The maximum Gasteiger partial charge on any atom is 0.229 e. The Labute approximate surface area is 225 Å². The number of nitriles is 1. The molecule has 2 amide bonds. The first-order chi connectivity index (χ1) is 17.8. The molecule has 0 saturated heterocycles. The summed E-state index contributed by atoms with van der Waals surface area (Å²) in [5.41, 5.74) is 4.43. The van der Waals surface area contributed by atoms with Crippen LogP contribution in [0.25, 0.3) is 11.1 Å². The SMILES string of the molecule is CC(=O)N(c1cc(C)cc(C#N)c1)c1cc(NC(=O)Cc2cccc(-c3ccccc3Cl)c2Cl)ccn1. The van der Waals surface area contributed by atoms with Gasteiger partial charge in [-0.15, -0.1) is 0 Å². The summed E-state index contributed by atoms with van der Waals surface area (Å²) in [5, 5.41) is 13.2. The van der Waals surface area contributed by atoms with E-state index < -0.39 is 0 Å². The number of hydrogen-bond acceptors (Lipinski definition) is 4. The van der Waals surface area contributed by atoms with E-state index in [-0.39, 0.29) is 18.2 Å². The van der Waals surface area contributed by atoms with E-state index in [0.29, 0.717) is 38.4 Å². The number of nitrogens with zero attached hydrogens (tertiary/aromatic N) is 3. The fourth-order valence-corrected chi connectivity index (χ4v) is 4.56. The summed E-state index contributed by atoms with van der Waals surface area (Å²) in [6, 6.07) is 23.4. The van der Waals surface area contributed by atoms with Crippen LogP contribution in [-0.2, 0) is 16.0 Å². The third kappa shape index (κ3) is 5.97. The number of aromatic nitrogens is 1. The van der Waals surface area contributed by atoms with Gasteiger partial charge in [-0.25, -0.2) is 4.98 Å². The number of carbonyl (C=O) groups excluding carboxylic acids is 2. The Bertz CT molecular complexity index is 1550. The lowest BCUT2D eigenvalue weighted by atomic mass is 10.0. The van der Waals surface area contributed by atoms with Crippen molar-refractivity contribution in [3.63, 3.8) is 0 Å². The van der Waals surface area contributed by atoms with Crippen molar-refractivity contribution in [2.45, 2.75) is 20.3 Å². The first-order valence-electron chi connectivity index (χ1n) is 11.4. The second-order valence-corrected chi connectivity index (χ2v) is 9.19. The van der Waals surface area contributed by atoms with Crippen molar-refractivity contribution in [2.24, 2.45) is 0 Å². The van der Waals surface area contributed by atoms with Crippen molar-refractivity contribution in [3.8, 4) is 17.2 Å². The van der Waals surface area contributed by atoms with Gasteiger partial charge in [0.15, 0.2) is 0 Å². The van der Waals surface area contributed by atoms with E-state index >= 15 is 0 Å². The van der Waals surface area contributed by atoms with Gasteiger partial charge in [0.05, 0.1) is 28.8 Å². The number of amides is 2. The van der Waals surface area contributed by atoms with Gasteiger partial charge in [0.1, 0.15) is 5.82 Å². The second kappa shape index (κ2) is 11.3. The number of nitrogens with one attached hydrogen (secondary N) is 1. The molecule has 8 heteroatoms. The molecule has 184 valence electrons. The summed E-state index contributed by atoms with van der Waals surface area (Å²) in [5.74, 6) is -0.251. The summed E-state index contributed by atoms with van der Waals surface area (Å²) in [4.78, 5) is 31.2. The highest BCUT2D eigenvalue weighted by Gasteiger charge is 2.18. The zero-order valence-corrected chi connectivity index (χ0v) is 21.6. The molecule has 1 N–H and O–H groups in total. The Morgan fingerprint density at radius 1 is 1.00 bits per heavy atom. The van der Waals surface area contributed by atoms with Gasteiger partial charge in [-0.1, -0.05) is 59.6 Å². The first kappa shape index (κ1) is 25.9. The van der Waals surface area contributed by atoms with Gasteiger partial charge in [-0.05, 0) is 48.4 Å². The largest absolute Gasteiger partial charge is 0.326 e. The minimum atomic E-state index is -0.285. The van der Waals surface area contributed by atoms with Crippen LogP contribution >= 0.6 is 23.2 Å².